The van der Waals surface area contributed by atoms with E-state index in [4.69, 9.17) is 0 Å². The molecule has 3 nitrogen and oxygen atoms in total. The Morgan fingerprint density at radius 2 is 1.70 bits per heavy atom. The van der Waals surface area contributed by atoms with Crippen molar-refractivity contribution in [2.45, 2.75) is 20.8 Å². The van der Waals surface area contributed by atoms with Gasteiger partial charge in [-0.3, -0.25) is 4.79 Å². The highest BCUT2D eigenvalue weighted by atomic mass is 16.5. The van der Waals surface area contributed by atoms with Crippen molar-refractivity contribution in [1.82, 2.24) is 0 Å². The summed E-state index contributed by atoms with van der Waals surface area (Å²) in [7, 11) is 1.68. The van der Waals surface area contributed by atoms with Crippen molar-refractivity contribution < 1.29 is 14.3 Å². The Kier molecular flexibility index (Phi) is 13.7. The summed E-state index contributed by atoms with van der Waals surface area (Å²) in [6.07, 6.45) is 0. The van der Waals surface area contributed by atoms with Crippen molar-refractivity contribution in [2.75, 3.05) is 20.3 Å². The minimum absolute atomic E-state index is 0.211. The molecule has 0 aliphatic rings. The topological polar surface area (TPSA) is 35.5 Å². The van der Waals surface area contributed by atoms with Crippen LogP contribution < -0.4 is 0 Å². The molecule has 0 atom stereocenters. The van der Waals surface area contributed by atoms with Gasteiger partial charge in [-0.25, -0.2) is 0 Å². The second kappa shape index (κ2) is 11.3. The maximum absolute atomic E-state index is 9.82. The summed E-state index contributed by atoms with van der Waals surface area (Å²) < 4.78 is 8.94. The van der Waals surface area contributed by atoms with E-state index in [2.05, 4.69) is 9.47 Å². The molecule has 0 heterocycles. The van der Waals surface area contributed by atoms with Crippen molar-refractivity contribution in [1.29, 1.82) is 0 Å². The smallest absolute Gasteiger partial charge is 0.302 e. The first-order valence-corrected chi connectivity index (χ1v) is 3.31. The lowest BCUT2D eigenvalue weighted by molar-refractivity contribution is -0.140. The highest BCUT2D eigenvalue weighted by Crippen LogP contribution is 1.69. The number of hydrogen-bond donors (Lipinski definition) is 0. The lowest BCUT2D eigenvalue weighted by atomic mass is 10.8. The van der Waals surface area contributed by atoms with Gasteiger partial charge in [0.25, 0.3) is 0 Å². The molecule has 0 aromatic carbocycles. The van der Waals surface area contributed by atoms with Crippen LogP contribution in [0.4, 0.5) is 0 Å². The van der Waals surface area contributed by atoms with E-state index in [1.807, 2.05) is 6.92 Å². The predicted molar refractivity (Wildman–Crippen MR) is 39.9 cm³/mol. The zero-order chi connectivity index (χ0) is 8.41. The van der Waals surface area contributed by atoms with Crippen LogP contribution in [-0.4, -0.2) is 26.3 Å². The van der Waals surface area contributed by atoms with Crippen molar-refractivity contribution in [2.24, 2.45) is 0 Å². The van der Waals surface area contributed by atoms with E-state index in [-0.39, 0.29) is 5.97 Å². The molecule has 0 saturated carbocycles. The number of hydrogen-bond acceptors (Lipinski definition) is 3. The van der Waals surface area contributed by atoms with Crippen LogP contribution in [0.3, 0.4) is 0 Å². The number of rotatable bonds is 2. The predicted octanol–water partition coefficient (Wildman–Crippen LogP) is 1.22. The molecule has 0 N–H and O–H groups in total. The molecule has 10 heavy (non-hydrogen) atoms. The van der Waals surface area contributed by atoms with Crippen LogP contribution in [0, 0.1) is 0 Å². The van der Waals surface area contributed by atoms with Gasteiger partial charge >= 0.3 is 5.97 Å². The molecule has 0 aliphatic heterocycles. The van der Waals surface area contributed by atoms with Crippen LogP contribution >= 0.6 is 0 Å². The highest BCUT2D eigenvalue weighted by Gasteiger charge is 1.81. The van der Waals surface area contributed by atoms with Gasteiger partial charge in [-0.2, -0.15) is 0 Å². The van der Waals surface area contributed by atoms with E-state index in [0.717, 1.165) is 6.61 Å². The van der Waals surface area contributed by atoms with Gasteiger partial charge in [-0.05, 0) is 13.8 Å². The highest BCUT2D eigenvalue weighted by molar-refractivity contribution is 5.65. The third kappa shape index (κ3) is 26.1. The molecule has 3 heteroatoms. The summed E-state index contributed by atoms with van der Waals surface area (Å²) in [5.41, 5.74) is 0. The summed E-state index contributed by atoms with van der Waals surface area (Å²) >= 11 is 0. The Morgan fingerprint density at radius 1 is 1.30 bits per heavy atom. The van der Waals surface area contributed by atoms with Gasteiger partial charge in [0.15, 0.2) is 0 Å². The zero-order valence-corrected chi connectivity index (χ0v) is 7.14. The van der Waals surface area contributed by atoms with Gasteiger partial charge in [0.05, 0.1) is 6.61 Å². The number of esters is 1. The average Bonchev–Trinajstić information content (AvgIpc) is 1.89. The lowest BCUT2D eigenvalue weighted by Gasteiger charge is -1.89. The van der Waals surface area contributed by atoms with Crippen molar-refractivity contribution in [3.63, 3.8) is 0 Å². The molecule has 0 rings (SSSR count). The Bertz CT molecular complexity index is 69.3. The Balaban J connectivity index is 0. The fraction of sp³-hybridized carbons (Fsp3) is 0.857. The van der Waals surface area contributed by atoms with Gasteiger partial charge in [0.1, 0.15) is 0 Å². The summed E-state index contributed by atoms with van der Waals surface area (Å²) in [5.74, 6) is -0.211. The molecule has 0 saturated heterocycles. The number of ether oxygens (including phenoxy) is 2. The summed E-state index contributed by atoms with van der Waals surface area (Å²) in [6.45, 7) is 6.43. The van der Waals surface area contributed by atoms with E-state index in [1.165, 1.54) is 6.92 Å². The maximum Gasteiger partial charge on any atom is 0.302 e. The number of methoxy groups -OCH3 is 1. The van der Waals surface area contributed by atoms with Crippen molar-refractivity contribution >= 4 is 5.97 Å². The Hall–Kier alpha value is -0.570. The maximum atomic E-state index is 9.82. The molecule has 0 bridgehead atoms. The van der Waals surface area contributed by atoms with Crippen molar-refractivity contribution in [3.8, 4) is 0 Å². The first-order valence-electron chi connectivity index (χ1n) is 3.31. The summed E-state index contributed by atoms with van der Waals surface area (Å²) in [4.78, 5) is 9.82. The largest absolute Gasteiger partial charge is 0.466 e. The van der Waals surface area contributed by atoms with Crippen LogP contribution in [0.15, 0.2) is 0 Å². The average molecular weight is 148 g/mol. The first-order chi connectivity index (χ1) is 4.68. The van der Waals surface area contributed by atoms with E-state index >= 15 is 0 Å². The van der Waals surface area contributed by atoms with Crippen LogP contribution in [0.5, 0.6) is 0 Å². The Morgan fingerprint density at radius 3 is 1.70 bits per heavy atom. The van der Waals surface area contributed by atoms with Crippen LogP contribution in [-0.2, 0) is 14.3 Å². The van der Waals surface area contributed by atoms with Gasteiger partial charge in [0.2, 0.25) is 0 Å². The van der Waals surface area contributed by atoms with Gasteiger partial charge < -0.3 is 9.47 Å². The zero-order valence-electron chi connectivity index (χ0n) is 7.14. The lowest BCUT2D eigenvalue weighted by Crippen LogP contribution is -1.95. The van der Waals surface area contributed by atoms with E-state index < -0.39 is 0 Å². The SMILES string of the molecule is CCOC.CCOC(C)=O. The molecule has 0 aromatic rings. The quantitative estimate of drug-likeness (QED) is 0.552. The molecule has 0 unspecified atom stereocenters. The molecule has 0 radical (unpaired) electrons. The molecule has 0 spiro atoms. The molecular weight excluding hydrogens is 132 g/mol. The summed E-state index contributed by atoms with van der Waals surface area (Å²) in [5, 5.41) is 0. The van der Waals surface area contributed by atoms with Crippen LogP contribution in [0.1, 0.15) is 20.8 Å². The molecule has 0 aromatic heterocycles. The normalized spacial score (nSPS) is 7.60. The third-order valence-corrected chi connectivity index (χ3v) is 0.636. The molecule has 0 aliphatic carbocycles. The van der Waals surface area contributed by atoms with E-state index in [9.17, 15) is 4.79 Å². The van der Waals surface area contributed by atoms with Gasteiger partial charge in [-0.15, -0.1) is 0 Å². The third-order valence-electron chi connectivity index (χ3n) is 0.636. The number of carbonyl (C=O) groups excluding carboxylic acids is 1. The fourth-order valence-electron chi connectivity index (χ4n) is 0.203. The number of carbonyl (C=O) groups is 1. The Labute approximate surface area is 62.3 Å². The van der Waals surface area contributed by atoms with Crippen molar-refractivity contribution in [3.05, 3.63) is 0 Å². The van der Waals surface area contributed by atoms with Crippen LogP contribution in [0.25, 0.3) is 0 Å². The van der Waals surface area contributed by atoms with E-state index in [0.29, 0.717) is 6.61 Å². The van der Waals surface area contributed by atoms with E-state index in [1.54, 1.807) is 14.0 Å². The van der Waals surface area contributed by atoms with Gasteiger partial charge in [0, 0.05) is 20.6 Å². The monoisotopic (exact) mass is 148 g/mol. The van der Waals surface area contributed by atoms with Crippen LogP contribution in [0.2, 0.25) is 0 Å². The first kappa shape index (κ1) is 12.1. The molecule has 0 amide bonds. The minimum atomic E-state index is -0.211. The summed E-state index contributed by atoms with van der Waals surface area (Å²) in [6, 6.07) is 0. The molecule has 62 valence electrons. The minimum Gasteiger partial charge on any atom is -0.466 e. The standard InChI is InChI=1S/C4H8O2.C3H8O/c1-3-6-4(2)5;1-3-4-2/h3H2,1-2H3;3H2,1-2H3. The second-order valence-electron chi connectivity index (χ2n) is 1.50. The second-order valence-corrected chi connectivity index (χ2v) is 1.50. The molecule has 0 fully saturated rings. The van der Waals surface area contributed by atoms with Gasteiger partial charge in [-0.1, -0.05) is 0 Å². The fourth-order valence-corrected chi connectivity index (χ4v) is 0.203. The molecular formula is C7H16O3.